The molecule has 0 unspecified atom stereocenters. The summed E-state index contributed by atoms with van der Waals surface area (Å²) in [5, 5.41) is 12.3. The van der Waals surface area contributed by atoms with E-state index in [1.807, 2.05) is 0 Å². The van der Waals surface area contributed by atoms with Crippen molar-refractivity contribution in [1.29, 1.82) is 0 Å². The van der Waals surface area contributed by atoms with Crippen molar-refractivity contribution >= 4 is 0 Å². The van der Waals surface area contributed by atoms with E-state index >= 15 is 0 Å². The highest BCUT2D eigenvalue weighted by molar-refractivity contribution is 5.09. The van der Waals surface area contributed by atoms with Crippen LogP contribution in [0.4, 0.5) is 0 Å². The summed E-state index contributed by atoms with van der Waals surface area (Å²) >= 11 is 0. The van der Waals surface area contributed by atoms with Gasteiger partial charge in [0.1, 0.15) is 0 Å². The van der Waals surface area contributed by atoms with Crippen molar-refractivity contribution in [3.05, 3.63) is 12.3 Å². The fraction of sp³-hybridized carbons (Fsp3) is 0.750. The molecule has 0 aromatic rings. The lowest BCUT2D eigenvalue weighted by molar-refractivity contribution is 0.000613. The third kappa shape index (κ3) is 0.686. The molecule has 10 heavy (non-hydrogen) atoms. The zero-order valence-electron chi connectivity index (χ0n) is 6.06. The minimum Gasteiger partial charge on any atom is -0.513 e. The second-order valence-corrected chi connectivity index (χ2v) is 3.70. The van der Waals surface area contributed by atoms with Crippen molar-refractivity contribution in [2.45, 2.75) is 12.8 Å². The Bertz CT molecular complexity index is 164. The summed E-state index contributed by atoms with van der Waals surface area (Å²) in [6, 6.07) is 0. The zero-order chi connectivity index (χ0) is 7.19. The highest BCUT2D eigenvalue weighted by Gasteiger charge is 2.49. The quantitative estimate of drug-likeness (QED) is 0.532. The Labute approximate surface area is 60.9 Å². The van der Waals surface area contributed by atoms with Crippen molar-refractivity contribution in [1.82, 2.24) is 5.32 Å². The van der Waals surface area contributed by atoms with Gasteiger partial charge in [0.25, 0.3) is 0 Å². The molecule has 2 fully saturated rings. The van der Waals surface area contributed by atoms with E-state index in [1.165, 1.54) is 0 Å². The predicted octanol–water partition coefficient (Wildman–Crippen LogP) is 1.06. The third-order valence-electron chi connectivity index (χ3n) is 2.83. The molecule has 1 saturated heterocycles. The van der Waals surface area contributed by atoms with Crippen LogP contribution in [-0.4, -0.2) is 18.2 Å². The maximum atomic E-state index is 9.01. The molecule has 0 amide bonds. The molecule has 2 nitrogen and oxygen atoms in total. The summed E-state index contributed by atoms with van der Waals surface area (Å²) in [6.45, 7) is 5.84. The standard InChI is InChI=1S/C8H13NO/c1-6(10)7-2-8(3-7)4-9-5-8/h7,9-10H,1-5H2. The number of rotatable bonds is 1. The lowest BCUT2D eigenvalue weighted by Crippen LogP contribution is -2.60. The fourth-order valence-corrected chi connectivity index (χ4v) is 1.99. The Morgan fingerprint density at radius 1 is 1.50 bits per heavy atom. The minimum absolute atomic E-state index is 0.387. The van der Waals surface area contributed by atoms with Crippen molar-refractivity contribution in [2.24, 2.45) is 11.3 Å². The largest absolute Gasteiger partial charge is 0.513 e. The smallest absolute Gasteiger partial charge is 0.0882 e. The van der Waals surface area contributed by atoms with Gasteiger partial charge in [-0.05, 0) is 18.3 Å². The van der Waals surface area contributed by atoms with E-state index in [9.17, 15) is 0 Å². The van der Waals surface area contributed by atoms with Crippen LogP contribution in [0.25, 0.3) is 0 Å². The van der Waals surface area contributed by atoms with Crippen molar-refractivity contribution in [2.75, 3.05) is 13.1 Å². The normalized spacial score (nSPS) is 29.2. The molecule has 2 aliphatic rings. The lowest BCUT2D eigenvalue weighted by atomic mass is 9.58. The molecule has 0 bridgehead atoms. The summed E-state index contributed by atoms with van der Waals surface area (Å²) in [5.74, 6) is 0.791. The van der Waals surface area contributed by atoms with E-state index in [-0.39, 0.29) is 0 Å². The molecule has 1 aliphatic carbocycles. The number of hydrogen-bond acceptors (Lipinski definition) is 2. The monoisotopic (exact) mass is 139 g/mol. The van der Waals surface area contributed by atoms with Crippen LogP contribution < -0.4 is 5.32 Å². The van der Waals surface area contributed by atoms with Crippen molar-refractivity contribution in [3.63, 3.8) is 0 Å². The SMILES string of the molecule is C=C(O)C1CC2(CNC2)C1. The minimum atomic E-state index is 0.387. The van der Waals surface area contributed by atoms with Gasteiger partial charge in [-0.3, -0.25) is 0 Å². The molecular weight excluding hydrogens is 126 g/mol. The number of nitrogens with one attached hydrogen (secondary N) is 1. The first kappa shape index (κ1) is 6.23. The molecule has 56 valence electrons. The van der Waals surface area contributed by atoms with E-state index in [4.69, 9.17) is 5.11 Å². The summed E-state index contributed by atoms with van der Waals surface area (Å²) in [6.07, 6.45) is 2.30. The molecule has 2 N–H and O–H groups in total. The lowest BCUT2D eigenvalue weighted by Gasteiger charge is -2.54. The maximum absolute atomic E-state index is 9.01. The summed E-state index contributed by atoms with van der Waals surface area (Å²) in [5.41, 5.74) is 0.566. The molecule has 1 aliphatic heterocycles. The van der Waals surface area contributed by atoms with Gasteiger partial charge in [0.05, 0.1) is 5.76 Å². The van der Waals surface area contributed by atoms with Crippen LogP contribution in [0.3, 0.4) is 0 Å². The van der Waals surface area contributed by atoms with E-state index in [1.54, 1.807) is 0 Å². The van der Waals surface area contributed by atoms with E-state index in [2.05, 4.69) is 11.9 Å². The second kappa shape index (κ2) is 1.76. The Morgan fingerprint density at radius 3 is 2.40 bits per heavy atom. The van der Waals surface area contributed by atoms with Gasteiger partial charge in [0, 0.05) is 19.0 Å². The van der Waals surface area contributed by atoms with E-state index < -0.39 is 0 Å². The van der Waals surface area contributed by atoms with Gasteiger partial charge in [-0.1, -0.05) is 6.58 Å². The fourth-order valence-electron chi connectivity index (χ4n) is 1.99. The Morgan fingerprint density at radius 2 is 2.10 bits per heavy atom. The number of aliphatic hydroxyl groups excluding tert-OH is 1. The molecule has 0 aromatic heterocycles. The van der Waals surface area contributed by atoms with Crippen LogP contribution in [0.5, 0.6) is 0 Å². The van der Waals surface area contributed by atoms with Gasteiger partial charge in [0.2, 0.25) is 0 Å². The second-order valence-electron chi connectivity index (χ2n) is 3.70. The van der Waals surface area contributed by atoms with Crippen LogP contribution in [0.1, 0.15) is 12.8 Å². The van der Waals surface area contributed by atoms with Gasteiger partial charge in [0.15, 0.2) is 0 Å². The molecular formula is C8H13NO. The third-order valence-corrected chi connectivity index (χ3v) is 2.83. The average molecular weight is 139 g/mol. The molecule has 0 atom stereocenters. The summed E-state index contributed by atoms with van der Waals surface area (Å²) in [7, 11) is 0. The summed E-state index contributed by atoms with van der Waals surface area (Å²) < 4.78 is 0. The molecule has 1 spiro atoms. The molecule has 0 aromatic carbocycles. The van der Waals surface area contributed by atoms with Gasteiger partial charge in [-0.25, -0.2) is 0 Å². The first-order chi connectivity index (χ1) is 4.72. The summed E-state index contributed by atoms with van der Waals surface area (Å²) in [4.78, 5) is 0. The molecule has 2 rings (SSSR count). The molecule has 1 heterocycles. The van der Waals surface area contributed by atoms with Gasteiger partial charge < -0.3 is 10.4 Å². The molecule has 0 radical (unpaired) electrons. The van der Waals surface area contributed by atoms with Crippen molar-refractivity contribution in [3.8, 4) is 0 Å². The van der Waals surface area contributed by atoms with E-state index in [0.29, 0.717) is 17.1 Å². The topological polar surface area (TPSA) is 32.3 Å². The van der Waals surface area contributed by atoms with E-state index in [0.717, 1.165) is 25.9 Å². The van der Waals surface area contributed by atoms with Crippen LogP contribution in [0.15, 0.2) is 12.3 Å². The Hall–Kier alpha value is -0.500. The van der Waals surface area contributed by atoms with Gasteiger partial charge in [-0.15, -0.1) is 0 Å². The Balaban J connectivity index is 1.88. The highest BCUT2D eigenvalue weighted by atomic mass is 16.3. The van der Waals surface area contributed by atoms with Crippen LogP contribution in [-0.2, 0) is 0 Å². The highest BCUT2D eigenvalue weighted by Crippen LogP contribution is 2.50. The van der Waals surface area contributed by atoms with Gasteiger partial charge >= 0.3 is 0 Å². The average Bonchev–Trinajstić information content (AvgIpc) is 1.54. The zero-order valence-corrected chi connectivity index (χ0v) is 6.06. The molecule has 1 saturated carbocycles. The molecule has 2 heteroatoms. The number of aliphatic hydroxyl groups is 1. The van der Waals surface area contributed by atoms with Gasteiger partial charge in [-0.2, -0.15) is 0 Å². The predicted molar refractivity (Wildman–Crippen MR) is 39.8 cm³/mol. The van der Waals surface area contributed by atoms with Crippen molar-refractivity contribution < 1.29 is 5.11 Å². The number of hydrogen-bond donors (Lipinski definition) is 2. The van der Waals surface area contributed by atoms with Crippen LogP contribution >= 0.6 is 0 Å². The number of allylic oxidation sites excluding steroid dienone is 1. The first-order valence-electron chi connectivity index (χ1n) is 3.80. The maximum Gasteiger partial charge on any atom is 0.0882 e. The Kier molecular flexibility index (Phi) is 1.09. The van der Waals surface area contributed by atoms with Crippen LogP contribution in [0.2, 0.25) is 0 Å². The van der Waals surface area contributed by atoms with Crippen LogP contribution in [0, 0.1) is 11.3 Å². The first-order valence-corrected chi connectivity index (χ1v) is 3.80.